The lowest BCUT2D eigenvalue weighted by molar-refractivity contribution is 0.0952. The second-order valence-corrected chi connectivity index (χ2v) is 6.54. The maximum absolute atomic E-state index is 12.3. The average Bonchev–Trinajstić information content (AvgIpc) is 2.53. The SMILES string of the molecule is CCC(CC)C(Br)CNC(=O)c1ccc2ccccc2c1. The minimum atomic E-state index is -0.00356. The first-order valence-corrected chi connectivity index (χ1v) is 8.48. The van der Waals surface area contributed by atoms with Crippen LogP contribution in [0.25, 0.3) is 10.8 Å². The maximum atomic E-state index is 12.3. The summed E-state index contributed by atoms with van der Waals surface area (Å²) >= 11 is 3.69. The van der Waals surface area contributed by atoms with Crippen LogP contribution in [-0.2, 0) is 0 Å². The van der Waals surface area contributed by atoms with E-state index in [9.17, 15) is 4.79 Å². The highest BCUT2D eigenvalue weighted by Gasteiger charge is 2.16. The molecule has 0 aliphatic carbocycles. The van der Waals surface area contributed by atoms with Crippen LogP contribution in [0.5, 0.6) is 0 Å². The van der Waals surface area contributed by atoms with Gasteiger partial charge in [0, 0.05) is 16.9 Å². The van der Waals surface area contributed by atoms with Crippen LogP contribution < -0.4 is 5.32 Å². The van der Waals surface area contributed by atoms with Crippen molar-refractivity contribution in [3.63, 3.8) is 0 Å². The lowest BCUT2D eigenvalue weighted by Crippen LogP contribution is -2.32. The first-order valence-electron chi connectivity index (χ1n) is 7.56. The van der Waals surface area contributed by atoms with Gasteiger partial charge in [-0.05, 0) is 28.8 Å². The van der Waals surface area contributed by atoms with E-state index in [1.165, 1.54) is 0 Å². The van der Waals surface area contributed by atoms with Gasteiger partial charge in [-0.25, -0.2) is 0 Å². The summed E-state index contributed by atoms with van der Waals surface area (Å²) in [6.45, 7) is 5.04. The maximum Gasteiger partial charge on any atom is 0.251 e. The Labute approximate surface area is 135 Å². The quantitative estimate of drug-likeness (QED) is 0.749. The molecule has 112 valence electrons. The van der Waals surface area contributed by atoms with Gasteiger partial charge < -0.3 is 5.32 Å². The summed E-state index contributed by atoms with van der Waals surface area (Å²) in [6.07, 6.45) is 2.25. The van der Waals surface area contributed by atoms with E-state index in [-0.39, 0.29) is 5.91 Å². The molecule has 0 aliphatic rings. The number of alkyl halides is 1. The summed E-state index contributed by atoms with van der Waals surface area (Å²) in [5.74, 6) is 0.595. The first kappa shape index (κ1) is 16.0. The van der Waals surface area contributed by atoms with Gasteiger partial charge in [-0.1, -0.05) is 73.0 Å². The Morgan fingerprint density at radius 3 is 2.43 bits per heavy atom. The molecule has 2 rings (SSSR count). The predicted molar refractivity (Wildman–Crippen MR) is 93.1 cm³/mol. The molecule has 0 fully saturated rings. The summed E-state index contributed by atoms with van der Waals surface area (Å²) in [7, 11) is 0. The minimum Gasteiger partial charge on any atom is -0.351 e. The molecule has 0 heterocycles. The van der Waals surface area contributed by atoms with Gasteiger partial charge in [0.2, 0.25) is 0 Å². The van der Waals surface area contributed by atoms with Crippen molar-refractivity contribution in [2.45, 2.75) is 31.5 Å². The van der Waals surface area contributed by atoms with Crippen LogP contribution >= 0.6 is 15.9 Å². The second-order valence-electron chi connectivity index (χ2n) is 5.36. The van der Waals surface area contributed by atoms with Crippen molar-refractivity contribution in [1.82, 2.24) is 5.32 Å². The third-order valence-electron chi connectivity index (χ3n) is 4.03. The van der Waals surface area contributed by atoms with Gasteiger partial charge in [-0.2, -0.15) is 0 Å². The van der Waals surface area contributed by atoms with E-state index in [0.717, 1.165) is 29.2 Å². The lowest BCUT2D eigenvalue weighted by Gasteiger charge is -2.20. The number of amides is 1. The number of hydrogen-bond donors (Lipinski definition) is 1. The molecule has 1 unspecified atom stereocenters. The van der Waals surface area contributed by atoms with Crippen LogP contribution in [0.15, 0.2) is 42.5 Å². The number of benzene rings is 2. The summed E-state index contributed by atoms with van der Waals surface area (Å²) in [6, 6.07) is 13.9. The van der Waals surface area contributed by atoms with Gasteiger partial charge in [0.15, 0.2) is 0 Å². The van der Waals surface area contributed by atoms with Crippen molar-refractivity contribution in [2.75, 3.05) is 6.54 Å². The molecule has 21 heavy (non-hydrogen) atoms. The fourth-order valence-corrected chi connectivity index (χ4v) is 3.50. The third-order valence-corrected chi connectivity index (χ3v) is 5.10. The van der Waals surface area contributed by atoms with Crippen molar-refractivity contribution in [3.05, 3.63) is 48.0 Å². The normalized spacial score (nSPS) is 12.6. The predicted octanol–water partition coefficient (Wildman–Crippen LogP) is 4.77. The summed E-state index contributed by atoms with van der Waals surface area (Å²) in [4.78, 5) is 12.6. The van der Waals surface area contributed by atoms with E-state index >= 15 is 0 Å². The molecule has 0 bridgehead atoms. The minimum absolute atomic E-state index is 0.00356. The van der Waals surface area contributed by atoms with Crippen LogP contribution in [0.1, 0.15) is 37.0 Å². The third kappa shape index (κ3) is 4.07. The molecule has 1 atom stereocenters. The van der Waals surface area contributed by atoms with Gasteiger partial charge >= 0.3 is 0 Å². The molecule has 1 amide bonds. The lowest BCUT2D eigenvalue weighted by atomic mass is 9.99. The van der Waals surface area contributed by atoms with Crippen LogP contribution in [0, 0.1) is 5.92 Å². The Hall–Kier alpha value is -1.35. The van der Waals surface area contributed by atoms with Gasteiger partial charge in [0.05, 0.1) is 0 Å². The summed E-state index contributed by atoms with van der Waals surface area (Å²) < 4.78 is 0. The van der Waals surface area contributed by atoms with Crippen molar-refractivity contribution in [3.8, 4) is 0 Å². The number of halogens is 1. The molecular weight excluding hydrogens is 326 g/mol. The van der Waals surface area contributed by atoms with E-state index in [4.69, 9.17) is 0 Å². The molecule has 3 heteroatoms. The Morgan fingerprint density at radius 2 is 1.76 bits per heavy atom. The molecule has 0 aliphatic heterocycles. The van der Waals surface area contributed by atoms with Crippen LogP contribution in [0.2, 0.25) is 0 Å². The van der Waals surface area contributed by atoms with E-state index in [1.807, 2.05) is 36.4 Å². The molecule has 1 N–H and O–H groups in total. The summed E-state index contributed by atoms with van der Waals surface area (Å²) in [5.41, 5.74) is 0.720. The molecule has 0 saturated heterocycles. The van der Waals surface area contributed by atoms with E-state index in [0.29, 0.717) is 17.3 Å². The number of rotatable bonds is 6. The molecule has 0 saturated carbocycles. The number of carbonyl (C=O) groups excluding carboxylic acids is 1. The molecule has 2 nitrogen and oxygen atoms in total. The molecule has 2 aromatic rings. The van der Waals surface area contributed by atoms with Gasteiger partial charge in [-0.3, -0.25) is 4.79 Å². The largest absolute Gasteiger partial charge is 0.351 e. The Bertz CT molecular complexity index is 607. The number of hydrogen-bond acceptors (Lipinski definition) is 1. The Balaban J connectivity index is 2.02. The van der Waals surface area contributed by atoms with Crippen molar-refractivity contribution in [2.24, 2.45) is 5.92 Å². The summed E-state index contributed by atoms with van der Waals surface area (Å²) in [5, 5.41) is 5.28. The smallest absolute Gasteiger partial charge is 0.251 e. The highest BCUT2D eigenvalue weighted by Crippen LogP contribution is 2.20. The van der Waals surface area contributed by atoms with Crippen LogP contribution in [0.4, 0.5) is 0 Å². The fourth-order valence-electron chi connectivity index (χ4n) is 2.59. The van der Waals surface area contributed by atoms with Gasteiger partial charge in [0.1, 0.15) is 0 Å². The number of fused-ring (bicyclic) bond motifs is 1. The highest BCUT2D eigenvalue weighted by molar-refractivity contribution is 9.09. The number of nitrogens with one attached hydrogen (secondary N) is 1. The zero-order chi connectivity index (χ0) is 15.2. The number of carbonyl (C=O) groups is 1. The van der Waals surface area contributed by atoms with Crippen LogP contribution in [-0.4, -0.2) is 17.3 Å². The molecule has 2 aromatic carbocycles. The molecular formula is C18H22BrNO. The fraction of sp³-hybridized carbons (Fsp3) is 0.389. The van der Waals surface area contributed by atoms with Crippen molar-refractivity contribution < 1.29 is 4.79 Å². The van der Waals surface area contributed by atoms with Gasteiger partial charge in [0.25, 0.3) is 5.91 Å². The molecule has 0 radical (unpaired) electrons. The Kier molecular flexibility index (Phi) is 5.80. The second kappa shape index (κ2) is 7.60. The zero-order valence-corrected chi connectivity index (χ0v) is 14.2. The monoisotopic (exact) mass is 347 g/mol. The van der Waals surface area contributed by atoms with E-state index < -0.39 is 0 Å². The van der Waals surface area contributed by atoms with E-state index in [2.05, 4.69) is 41.2 Å². The van der Waals surface area contributed by atoms with Crippen molar-refractivity contribution in [1.29, 1.82) is 0 Å². The molecule has 0 aromatic heterocycles. The molecule has 0 spiro atoms. The standard InChI is InChI=1S/C18H22BrNO/c1-3-13(4-2)17(19)12-20-18(21)16-10-9-14-7-5-6-8-15(14)11-16/h5-11,13,17H,3-4,12H2,1-2H3,(H,20,21). The average molecular weight is 348 g/mol. The van der Waals surface area contributed by atoms with E-state index in [1.54, 1.807) is 0 Å². The first-order chi connectivity index (χ1) is 10.2. The van der Waals surface area contributed by atoms with Gasteiger partial charge in [-0.15, -0.1) is 0 Å². The van der Waals surface area contributed by atoms with Crippen molar-refractivity contribution >= 4 is 32.6 Å². The topological polar surface area (TPSA) is 29.1 Å². The zero-order valence-electron chi connectivity index (χ0n) is 12.6. The Morgan fingerprint density at radius 1 is 1.10 bits per heavy atom. The van der Waals surface area contributed by atoms with Crippen LogP contribution in [0.3, 0.4) is 0 Å². The highest BCUT2D eigenvalue weighted by atomic mass is 79.9.